The van der Waals surface area contributed by atoms with Crippen molar-refractivity contribution < 1.29 is 5.11 Å². The Bertz CT molecular complexity index is 1070. The van der Waals surface area contributed by atoms with Gasteiger partial charge in [-0.1, -0.05) is 6.07 Å². The molecule has 0 radical (unpaired) electrons. The Morgan fingerprint density at radius 3 is 2.63 bits per heavy atom. The van der Waals surface area contributed by atoms with Crippen LogP contribution >= 0.6 is 0 Å². The summed E-state index contributed by atoms with van der Waals surface area (Å²) in [4.78, 5) is 29.4. The van der Waals surface area contributed by atoms with Gasteiger partial charge in [-0.2, -0.15) is 0 Å². The van der Waals surface area contributed by atoms with Gasteiger partial charge in [0.05, 0.1) is 5.69 Å². The molecule has 5 heterocycles. The normalized spacial score (nSPS) is 24.2. The van der Waals surface area contributed by atoms with Crippen LogP contribution in [0.25, 0.3) is 0 Å². The van der Waals surface area contributed by atoms with E-state index >= 15 is 0 Å². The lowest BCUT2D eigenvalue weighted by Crippen LogP contribution is -2.47. The van der Waals surface area contributed by atoms with E-state index in [2.05, 4.69) is 15.9 Å². The summed E-state index contributed by atoms with van der Waals surface area (Å²) in [6.07, 6.45) is 3.47. The summed E-state index contributed by atoms with van der Waals surface area (Å²) in [5.74, 6) is 0.691. The number of aromatic hydroxyl groups is 1. The van der Waals surface area contributed by atoms with Crippen LogP contribution in [-0.2, 0) is 26.7 Å². The molecule has 30 heavy (non-hydrogen) atoms. The maximum atomic E-state index is 12.5. The van der Waals surface area contributed by atoms with Gasteiger partial charge in [-0.15, -0.1) is 0 Å². The maximum Gasteiger partial charge on any atom is 0.250 e. The molecule has 2 aromatic rings. The van der Waals surface area contributed by atoms with E-state index in [9.17, 15) is 14.7 Å². The zero-order chi connectivity index (χ0) is 20.8. The number of rotatable bonds is 4. The first kappa shape index (κ1) is 19.6. The Balaban J connectivity index is 1.39. The monoisotopic (exact) mass is 410 g/mol. The number of hydrogen-bond donors (Lipinski definition) is 1. The molecule has 0 aliphatic carbocycles. The van der Waals surface area contributed by atoms with Crippen molar-refractivity contribution in [2.45, 2.75) is 44.8 Å². The molecule has 2 aromatic heterocycles. The molecule has 2 fully saturated rings. The van der Waals surface area contributed by atoms with Crippen molar-refractivity contribution in [2.24, 2.45) is 13.0 Å². The molecule has 0 unspecified atom stereocenters. The van der Waals surface area contributed by atoms with Crippen LogP contribution < -0.4 is 11.0 Å². The van der Waals surface area contributed by atoms with Crippen LogP contribution in [-0.4, -0.2) is 50.2 Å². The second-order valence-corrected chi connectivity index (χ2v) is 9.23. The first-order valence-electron chi connectivity index (χ1n) is 11.0. The third-order valence-corrected chi connectivity index (χ3v) is 7.15. The van der Waals surface area contributed by atoms with Gasteiger partial charge in [0.1, 0.15) is 0 Å². The standard InChI is InChI=1S/C23H30N4O3/c1-24-18(10-21(28)23(30)20(24)15-25-7-2-3-8-25)14-26-11-16-9-17(13-26)19-5-4-6-22(29)27(19)12-16/h4-6,10,16-17,30H,2-3,7-9,11-15H2,1H3/t16-,17+/m1/s1. The quantitative estimate of drug-likeness (QED) is 0.827. The second kappa shape index (κ2) is 7.71. The number of nitrogens with zero attached hydrogens (tertiary/aromatic N) is 4. The summed E-state index contributed by atoms with van der Waals surface area (Å²) < 4.78 is 3.96. The fraction of sp³-hybridized carbons (Fsp3) is 0.565. The smallest absolute Gasteiger partial charge is 0.250 e. The van der Waals surface area contributed by atoms with Crippen LogP contribution in [0.5, 0.6) is 5.75 Å². The predicted molar refractivity (Wildman–Crippen MR) is 115 cm³/mol. The molecule has 2 bridgehead atoms. The summed E-state index contributed by atoms with van der Waals surface area (Å²) >= 11 is 0. The predicted octanol–water partition coefficient (Wildman–Crippen LogP) is 1.47. The van der Waals surface area contributed by atoms with Gasteiger partial charge in [-0.3, -0.25) is 19.4 Å². The SMILES string of the molecule is Cn1c(CN2C[C@H]3C[C@@H](C2)c2cccc(=O)n2C3)cc(=O)c(O)c1CN1CCCC1. The Kier molecular flexibility index (Phi) is 5.03. The van der Waals surface area contributed by atoms with E-state index in [-0.39, 0.29) is 16.7 Å². The zero-order valence-electron chi connectivity index (χ0n) is 17.6. The van der Waals surface area contributed by atoms with Crippen LogP contribution in [0.15, 0.2) is 33.9 Å². The number of fused-ring (bicyclic) bond motifs is 4. The maximum absolute atomic E-state index is 12.5. The van der Waals surface area contributed by atoms with Crippen molar-refractivity contribution in [1.82, 2.24) is 18.9 Å². The molecule has 0 spiro atoms. The van der Waals surface area contributed by atoms with Gasteiger partial charge in [-0.25, -0.2) is 0 Å². The molecule has 2 atom stereocenters. The van der Waals surface area contributed by atoms with E-state index < -0.39 is 0 Å². The van der Waals surface area contributed by atoms with Crippen LogP contribution in [0, 0.1) is 5.92 Å². The third-order valence-electron chi connectivity index (χ3n) is 7.15. The topological polar surface area (TPSA) is 70.7 Å². The van der Waals surface area contributed by atoms with Crippen molar-refractivity contribution in [3.63, 3.8) is 0 Å². The van der Waals surface area contributed by atoms with Gasteiger partial charge in [0.2, 0.25) is 5.43 Å². The molecular formula is C23H30N4O3. The van der Waals surface area contributed by atoms with Gasteiger partial charge in [0, 0.05) is 69.2 Å². The fourth-order valence-electron chi connectivity index (χ4n) is 5.63. The van der Waals surface area contributed by atoms with Crippen LogP contribution in [0.1, 0.15) is 42.3 Å². The molecule has 3 aliphatic heterocycles. The summed E-state index contributed by atoms with van der Waals surface area (Å²) in [5.41, 5.74) is 2.61. The van der Waals surface area contributed by atoms with Crippen LogP contribution in [0.4, 0.5) is 0 Å². The Morgan fingerprint density at radius 1 is 1.03 bits per heavy atom. The molecule has 7 nitrogen and oxygen atoms in total. The molecule has 7 heteroatoms. The highest BCUT2D eigenvalue weighted by Gasteiger charge is 2.34. The summed E-state index contributed by atoms with van der Waals surface area (Å²) in [5, 5.41) is 10.4. The van der Waals surface area contributed by atoms with Gasteiger partial charge in [0.25, 0.3) is 5.56 Å². The second-order valence-electron chi connectivity index (χ2n) is 9.23. The van der Waals surface area contributed by atoms with Crippen molar-refractivity contribution in [3.8, 4) is 5.75 Å². The number of hydrogen-bond acceptors (Lipinski definition) is 5. The number of likely N-dealkylation sites (tertiary alicyclic amines) is 2. The molecule has 0 saturated carbocycles. The molecule has 0 aromatic carbocycles. The van der Waals surface area contributed by atoms with Gasteiger partial charge < -0.3 is 14.2 Å². The average molecular weight is 411 g/mol. The summed E-state index contributed by atoms with van der Waals surface area (Å²) in [6.45, 7) is 5.93. The Labute approximate surface area is 176 Å². The van der Waals surface area contributed by atoms with Crippen molar-refractivity contribution in [1.29, 1.82) is 0 Å². The molecule has 1 N–H and O–H groups in total. The van der Waals surface area contributed by atoms with Crippen molar-refractivity contribution in [2.75, 3.05) is 26.2 Å². The molecule has 0 amide bonds. The van der Waals surface area contributed by atoms with E-state index in [1.54, 1.807) is 12.1 Å². The minimum Gasteiger partial charge on any atom is -0.503 e. The minimum absolute atomic E-state index is 0.100. The van der Waals surface area contributed by atoms with E-state index in [0.717, 1.165) is 50.5 Å². The highest BCUT2D eigenvalue weighted by molar-refractivity contribution is 5.30. The molecular weight excluding hydrogens is 380 g/mol. The van der Waals surface area contributed by atoms with Gasteiger partial charge in [-0.05, 0) is 44.3 Å². The van der Waals surface area contributed by atoms with E-state index in [1.807, 2.05) is 22.2 Å². The highest BCUT2D eigenvalue weighted by Crippen LogP contribution is 2.35. The largest absolute Gasteiger partial charge is 0.503 e. The van der Waals surface area contributed by atoms with Crippen molar-refractivity contribution in [3.05, 3.63) is 61.9 Å². The fourth-order valence-corrected chi connectivity index (χ4v) is 5.63. The minimum atomic E-state index is -0.286. The van der Waals surface area contributed by atoms with Crippen molar-refractivity contribution >= 4 is 0 Å². The molecule has 2 saturated heterocycles. The van der Waals surface area contributed by atoms with E-state index in [1.165, 1.54) is 12.8 Å². The summed E-state index contributed by atoms with van der Waals surface area (Å²) in [6, 6.07) is 7.18. The lowest BCUT2D eigenvalue weighted by molar-refractivity contribution is 0.112. The lowest BCUT2D eigenvalue weighted by atomic mass is 9.83. The first-order valence-corrected chi connectivity index (χ1v) is 11.0. The Hall–Kier alpha value is -2.38. The number of piperidine rings is 1. The van der Waals surface area contributed by atoms with Crippen LogP contribution in [0.3, 0.4) is 0 Å². The summed E-state index contributed by atoms with van der Waals surface area (Å²) in [7, 11) is 1.96. The third kappa shape index (κ3) is 3.50. The molecule has 3 aliphatic rings. The van der Waals surface area contributed by atoms with Gasteiger partial charge >= 0.3 is 0 Å². The van der Waals surface area contributed by atoms with Gasteiger partial charge in [0.15, 0.2) is 5.75 Å². The first-order chi connectivity index (χ1) is 14.5. The van der Waals surface area contributed by atoms with E-state index in [0.29, 0.717) is 30.6 Å². The number of pyridine rings is 2. The molecule has 5 rings (SSSR count). The number of aromatic nitrogens is 2. The Morgan fingerprint density at radius 2 is 1.83 bits per heavy atom. The lowest BCUT2D eigenvalue weighted by Gasteiger charge is -2.43. The van der Waals surface area contributed by atoms with Crippen LogP contribution in [0.2, 0.25) is 0 Å². The molecule has 160 valence electrons. The highest BCUT2D eigenvalue weighted by atomic mass is 16.3. The zero-order valence-corrected chi connectivity index (χ0v) is 17.6. The van der Waals surface area contributed by atoms with E-state index in [4.69, 9.17) is 0 Å². The average Bonchev–Trinajstić information content (AvgIpc) is 3.23.